The molecule has 0 saturated heterocycles. The van der Waals surface area contributed by atoms with Gasteiger partial charge in [0.1, 0.15) is 0 Å². The molecule has 0 fully saturated rings. The van der Waals surface area contributed by atoms with Crippen molar-refractivity contribution in [3.63, 3.8) is 0 Å². The number of guanidine groups is 1. The highest BCUT2D eigenvalue weighted by atomic mass is 127. The van der Waals surface area contributed by atoms with Crippen molar-refractivity contribution in [3.8, 4) is 0 Å². The van der Waals surface area contributed by atoms with E-state index in [0.29, 0.717) is 19.0 Å². The number of hydrogen-bond donors (Lipinski definition) is 2. The fraction of sp³-hybridized carbons (Fsp3) is 0.636. The van der Waals surface area contributed by atoms with Gasteiger partial charge < -0.3 is 15.4 Å². The quantitative estimate of drug-likeness (QED) is 0.247. The minimum Gasteiger partial charge on any atom is -0.469 e. The lowest BCUT2D eigenvalue weighted by atomic mass is 10.2. The Morgan fingerprint density at radius 3 is 2.65 bits per heavy atom. The molecular weight excluding hydrogens is 333 g/mol. The van der Waals surface area contributed by atoms with E-state index in [0.717, 1.165) is 6.54 Å². The maximum absolute atomic E-state index is 11.1. The third kappa shape index (κ3) is 8.96. The molecular formula is C11H22IN3O2. The van der Waals surface area contributed by atoms with Gasteiger partial charge in [0.2, 0.25) is 0 Å². The molecule has 2 N–H and O–H groups in total. The van der Waals surface area contributed by atoms with Crippen molar-refractivity contribution in [2.45, 2.75) is 13.8 Å². The van der Waals surface area contributed by atoms with Crippen LogP contribution in [0, 0.1) is 5.92 Å². The number of nitrogens with zero attached hydrogens (tertiary/aromatic N) is 1. The maximum atomic E-state index is 11.1. The second-order valence-corrected chi connectivity index (χ2v) is 3.31. The lowest BCUT2D eigenvalue weighted by Crippen LogP contribution is -2.37. The largest absolute Gasteiger partial charge is 0.469 e. The SMILES string of the molecule is C=CCNC(=NCC(C)C(=O)OC)NCC.I. The summed E-state index contributed by atoms with van der Waals surface area (Å²) in [5.74, 6) is 0.200. The second-order valence-electron chi connectivity index (χ2n) is 3.31. The van der Waals surface area contributed by atoms with Gasteiger partial charge in [0.05, 0.1) is 19.6 Å². The van der Waals surface area contributed by atoms with Crippen molar-refractivity contribution in [2.24, 2.45) is 10.9 Å². The Morgan fingerprint density at radius 2 is 2.18 bits per heavy atom. The Morgan fingerprint density at radius 1 is 1.53 bits per heavy atom. The van der Waals surface area contributed by atoms with Gasteiger partial charge in [0.15, 0.2) is 5.96 Å². The molecule has 5 nitrogen and oxygen atoms in total. The van der Waals surface area contributed by atoms with Gasteiger partial charge in [0.25, 0.3) is 0 Å². The summed E-state index contributed by atoms with van der Waals surface area (Å²) in [5.41, 5.74) is 0. The van der Waals surface area contributed by atoms with Crippen LogP contribution in [0.5, 0.6) is 0 Å². The Bertz CT molecular complexity index is 257. The number of carbonyl (C=O) groups is 1. The minimum absolute atomic E-state index is 0. The standard InChI is InChI=1S/C11H21N3O2.HI/c1-5-7-13-11(12-6-2)14-8-9(3)10(15)16-4;/h5,9H,1,6-8H2,2-4H3,(H2,12,13,14);1H. The average Bonchev–Trinajstić information content (AvgIpc) is 2.31. The van der Waals surface area contributed by atoms with Gasteiger partial charge in [-0.25, -0.2) is 0 Å². The molecule has 0 radical (unpaired) electrons. The van der Waals surface area contributed by atoms with Crippen molar-refractivity contribution >= 4 is 35.9 Å². The normalized spacial score (nSPS) is 12.1. The molecule has 0 aromatic rings. The summed E-state index contributed by atoms with van der Waals surface area (Å²) in [5, 5.41) is 6.12. The molecule has 0 aromatic carbocycles. The van der Waals surface area contributed by atoms with Gasteiger partial charge in [-0.05, 0) is 6.92 Å². The highest BCUT2D eigenvalue weighted by molar-refractivity contribution is 14.0. The van der Waals surface area contributed by atoms with Crippen LogP contribution in [0.25, 0.3) is 0 Å². The van der Waals surface area contributed by atoms with Crippen molar-refractivity contribution in [1.29, 1.82) is 0 Å². The monoisotopic (exact) mass is 355 g/mol. The zero-order valence-corrected chi connectivity index (χ0v) is 13.0. The van der Waals surface area contributed by atoms with E-state index < -0.39 is 0 Å². The fourth-order valence-electron chi connectivity index (χ4n) is 1.01. The zero-order valence-electron chi connectivity index (χ0n) is 10.7. The van der Waals surface area contributed by atoms with Crippen LogP contribution in [0.3, 0.4) is 0 Å². The predicted octanol–water partition coefficient (Wildman–Crippen LogP) is 1.15. The van der Waals surface area contributed by atoms with Crippen molar-refractivity contribution < 1.29 is 9.53 Å². The molecule has 0 heterocycles. The molecule has 0 amide bonds. The van der Waals surface area contributed by atoms with E-state index in [1.807, 2.05) is 6.92 Å². The molecule has 0 saturated carbocycles. The van der Waals surface area contributed by atoms with Gasteiger partial charge in [0, 0.05) is 13.1 Å². The van der Waals surface area contributed by atoms with E-state index in [-0.39, 0.29) is 35.9 Å². The first-order valence-electron chi connectivity index (χ1n) is 5.36. The average molecular weight is 355 g/mol. The Hall–Kier alpha value is -0.790. The minimum atomic E-state index is -0.247. The Labute approximate surface area is 120 Å². The molecule has 0 bridgehead atoms. The number of nitrogens with one attached hydrogen (secondary N) is 2. The van der Waals surface area contributed by atoms with Gasteiger partial charge in [-0.3, -0.25) is 9.79 Å². The molecule has 0 aliphatic carbocycles. The summed E-state index contributed by atoms with van der Waals surface area (Å²) < 4.78 is 4.62. The van der Waals surface area contributed by atoms with Gasteiger partial charge in [-0.1, -0.05) is 13.0 Å². The van der Waals surface area contributed by atoms with Crippen LogP contribution in [-0.2, 0) is 9.53 Å². The van der Waals surface area contributed by atoms with Crippen molar-refractivity contribution in [1.82, 2.24) is 10.6 Å². The van der Waals surface area contributed by atoms with Crippen LogP contribution in [-0.4, -0.2) is 38.7 Å². The van der Waals surface area contributed by atoms with Crippen LogP contribution in [0.15, 0.2) is 17.6 Å². The van der Waals surface area contributed by atoms with Crippen LogP contribution < -0.4 is 10.6 Å². The van der Waals surface area contributed by atoms with Crippen LogP contribution in [0.1, 0.15) is 13.8 Å². The summed E-state index contributed by atoms with van der Waals surface area (Å²) in [7, 11) is 1.38. The summed E-state index contributed by atoms with van der Waals surface area (Å²) in [6, 6.07) is 0. The highest BCUT2D eigenvalue weighted by Gasteiger charge is 2.12. The smallest absolute Gasteiger partial charge is 0.310 e. The van der Waals surface area contributed by atoms with E-state index in [9.17, 15) is 4.79 Å². The Kier molecular flexibility index (Phi) is 12.8. The molecule has 0 rings (SSSR count). The highest BCUT2D eigenvalue weighted by Crippen LogP contribution is 1.97. The molecule has 0 aliphatic rings. The van der Waals surface area contributed by atoms with Crippen LogP contribution in [0.4, 0.5) is 0 Å². The van der Waals surface area contributed by atoms with E-state index in [1.54, 1.807) is 13.0 Å². The molecule has 0 aromatic heterocycles. The molecule has 6 heteroatoms. The van der Waals surface area contributed by atoms with Crippen molar-refractivity contribution in [3.05, 3.63) is 12.7 Å². The fourth-order valence-corrected chi connectivity index (χ4v) is 1.01. The number of halogens is 1. The number of methoxy groups -OCH3 is 1. The zero-order chi connectivity index (χ0) is 12.4. The number of carbonyl (C=O) groups excluding carboxylic acids is 1. The summed E-state index contributed by atoms with van der Waals surface area (Å²) >= 11 is 0. The lowest BCUT2D eigenvalue weighted by Gasteiger charge is -2.11. The number of esters is 1. The van der Waals surface area contributed by atoms with E-state index >= 15 is 0 Å². The van der Waals surface area contributed by atoms with E-state index in [1.165, 1.54) is 7.11 Å². The number of hydrogen-bond acceptors (Lipinski definition) is 3. The maximum Gasteiger partial charge on any atom is 0.310 e. The summed E-state index contributed by atoms with van der Waals surface area (Å²) in [6.07, 6.45) is 1.75. The van der Waals surface area contributed by atoms with Gasteiger partial charge in [-0.15, -0.1) is 30.6 Å². The van der Waals surface area contributed by atoms with Gasteiger partial charge in [-0.2, -0.15) is 0 Å². The first-order valence-corrected chi connectivity index (χ1v) is 5.36. The Balaban J connectivity index is 0. The number of aliphatic imine (C=N–C) groups is 1. The molecule has 1 atom stereocenters. The van der Waals surface area contributed by atoms with E-state index in [4.69, 9.17) is 0 Å². The number of ether oxygens (including phenoxy) is 1. The lowest BCUT2D eigenvalue weighted by molar-refractivity contribution is -0.144. The topological polar surface area (TPSA) is 62.7 Å². The molecule has 1 unspecified atom stereocenters. The first-order chi connectivity index (χ1) is 7.65. The molecule has 17 heavy (non-hydrogen) atoms. The van der Waals surface area contributed by atoms with Crippen LogP contribution in [0.2, 0.25) is 0 Å². The number of rotatable bonds is 6. The van der Waals surface area contributed by atoms with Gasteiger partial charge >= 0.3 is 5.97 Å². The van der Waals surface area contributed by atoms with Crippen molar-refractivity contribution in [2.75, 3.05) is 26.7 Å². The first kappa shape index (κ1) is 18.6. The summed E-state index contributed by atoms with van der Waals surface area (Å²) in [6.45, 7) is 9.19. The predicted molar refractivity (Wildman–Crippen MR) is 80.8 cm³/mol. The third-order valence-electron chi connectivity index (χ3n) is 1.88. The van der Waals surface area contributed by atoms with Crippen LogP contribution >= 0.6 is 24.0 Å². The molecule has 100 valence electrons. The second kappa shape index (κ2) is 11.7. The third-order valence-corrected chi connectivity index (χ3v) is 1.88. The molecule has 0 spiro atoms. The molecule has 0 aliphatic heterocycles. The van der Waals surface area contributed by atoms with E-state index in [2.05, 4.69) is 26.9 Å². The summed E-state index contributed by atoms with van der Waals surface area (Å²) in [4.78, 5) is 15.4.